The molecule has 0 unspecified atom stereocenters. The van der Waals surface area contributed by atoms with Gasteiger partial charge < -0.3 is 9.64 Å². The molecule has 1 aromatic rings. The zero-order chi connectivity index (χ0) is 17.7. The van der Waals surface area contributed by atoms with Gasteiger partial charge in [0.25, 0.3) is 0 Å². The van der Waals surface area contributed by atoms with E-state index >= 15 is 0 Å². The maximum Gasteiger partial charge on any atom is 0.471 e. The van der Waals surface area contributed by atoms with Gasteiger partial charge >= 0.3 is 12.1 Å². The Kier molecular flexibility index (Phi) is 4.12. The molecule has 1 fully saturated rings. The molecule has 2 heterocycles. The number of ether oxygens (including phenoxy) is 1. The third-order valence-corrected chi connectivity index (χ3v) is 4.90. The lowest BCUT2D eigenvalue weighted by atomic mass is 9.77. The van der Waals surface area contributed by atoms with Gasteiger partial charge in [-0.1, -0.05) is 11.6 Å². The van der Waals surface area contributed by atoms with Crippen LogP contribution >= 0.6 is 11.6 Å². The number of likely N-dealkylation sites (tertiary alicyclic amines) is 1. The monoisotopic (exact) mass is 361 g/mol. The second-order valence-electron chi connectivity index (χ2n) is 6.20. The van der Waals surface area contributed by atoms with E-state index in [-0.39, 0.29) is 31.8 Å². The number of fused-ring (bicyclic) bond motifs is 2. The topological polar surface area (TPSA) is 46.6 Å². The minimum atomic E-state index is -4.90. The van der Waals surface area contributed by atoms with Gasteiger partial charge in [0.2, 0.25) is 0 Å². The Morgan fingerprint density at radius 1 is 1.42 bits per heavy atom. The molecule has 1 aromatic carbocycles. The Balaban J connectivity index is 1.93. The summed E-state index contributed by atoms with van der Waals surface area (Å²) < 4.78 is 43.9. The first kappa shape index (κ1) is 17.2. The zero-order valence-corrected chi connectivity index (χ0v) is 13.6. The summed E-state index contributed by atoms with van der Waals surface area (Å²) in [7, 11) is 0. The highest BCUT2D eigenvalue weighted by Gasteiger charge is 2.50. The van der Waals surface area contributed by atoms with Crippen molar-refractivity contribution in [3.05, 3.63) is 34.3 Å². The molecule has 24 heavy (non-hydrogen) atoms. The van der Waals surface area contributed by atoms with Crippen LogP contribution in [0.2, 0.25) is 5.02 Å². The first-order valence-corrected chi connectivity index (χ1v) is 7.87. The zero-order valence-electron chi connectivity index (χ0n) is 12.8. The average Bonchev–Trinajstić information content (AvgIpc) is 2.50. The van der Waals surface area contributed by atoms with Gasteiger partial charge in [0.15, 0.2) is 5.78 Å². The Hall–Kier alpha value is -1.60. The molecule has 1 amide bonds. The smallest absolute Gasteiger partial charge is 0.362 e. The second kappa shape index (κ2) is 5.74. The number of carbonyl (C=O) groups excluding carboxylic acids is 2. The van der Waals surface area contributed by atoms with E-state index in [0.29, 0.717) is 16.1 Å². The van der Waals surface area contributed by atoms with Crippen LogP contribution in [0.3, 0.4) is 0 Å². The van der Waals surface area contributed by atoms with E-state index in [0.717, 1.165) is 4.90 Å². The summed E-state index contributed by atoms with van der Waals surface area (Å²) in [4.78, 5) is 24.4. The van der Waals surface area contributed by atoms with Crippen molar-refractivity contribution >= 4 is 23.3 Å². The van der Waals surface area contributed by atoms with Crippen molar-refractivity contribution in [2.75, 3.05) is 13.2 Å². The average molecular weight is 362 g/mol. The molecule has 0 saturated carbocycles. The number of Topliss-reactive ketones (excluding diaryl/α,β-unsaturated/α-hetero) is 1. The fourth-order valence-electron chi connectivity index (χ4n) is 3.55. The lowest BCUT2D eigenvalue weighted by Gasteiger charge is -2.47. The van der Waals surface area contributed by atoms with Crippen molar-refractivity contribution in [2.45, 2.75) is 37.6 Å². The maximum atomic E-state index is 12.7. The molecule has 3 rings (SSSR count). The Labute approximate surface area is 141 Å². The standard InChI is InChI=1S/C16H15ClF3NO3/c1-9-7-15(4-5-21(9)14(23)16(18,19)20)12-6-10(17)2-3-11(12)13(22)8-24-15/h2-3,6,9H,4-5,7-8H2,1H3/t9-,15+/m0/s1. The van der Waals surface area contributed by atoms with E-state index in [1.165, 1.54) is 0 Å². The number of hydrogen-bond donors (Lipinski definition) is 0. The fourth-order valence-corrected chi connectivity index (χ4v) is 3.72. The summed E-state index contributed by atoms with van der Waals surface area (Å²) in [5.74, 6) is -2.03. The Morgan fingerprint density at radius 3 is 2.75 bits per heavy atom. The fraction of sp³-hybridized carbons (Fsp3) is 0.500. The van der Waals surface area contributed by atoms with Gasteiger partial charge in [-0.25, -0.2) is 0 Å². The summed E-state index contributed by atoms with van der Waals surface area (Å²) in [5.41, 5.74) is 0.182. The van der Waals surface area contributed by atoms with E-state index in [9.17, 15) is 22.8 Å². The van der Waals surface area contributed by atoms with Crippen LogP contribution in [0.4, 0.5) is 13.2 Å². The van der Waals surface area contributed by atoms with Crippen molar-refractivity contribution in [1.82, 2.24) is 4.90 Å². The molecular formula is C16H15ClF3NO3. The third kappa shape index (κ3) is 2.80. The first-order valence-electron chi connectivity index (χ1n) is 7.49. The van der Waals surface area contributed by atoms with Gasteiger partial charge in [0, 0.05) is 29.6 Å². The number of halogens is 4. The van der Waals surface area contributed by atoms with Crippen LogP contribution in [0.1, 0.15) is 35.7 Å². The molecule has 1 saturated heterocycles. The number of ketones is 1. The molecule has 0 radical (unpaired) electrons. The molecule has 130 valence electrons. The van der Waals surface area contributed by atoms with Crippen LogP contribution in [0.25, 0.3) is 0 Å². The SMILES string of the molecule is C[C@H]1C[C@@]2(CCN1C(=O)C(F)(F)F)OCC(=O)c1ccc(Cl)cc12. The Bertz CT molecular complexity index is 706. The number of piperidine rings is 1. The van der Waals surface area contributed by atoms with Gasteiger partial charge in [0.1, 0.15) is 6.61 Å². The third-order valence-electron chi connectivity index (χ3n) is 4.67. The van der Waals surface area contributed by atoms with Crippen LogP contribution in [-0.2, 0) is 15.1 Å². The van der Waals surface area contributed by atoms with Crippen molar-refractivity contribution in [1.29, 1.82) is 0 Å². The number of carbonyl (C=O) groups is 2. The number of alkyl halides is 3. The molecule has 2 aliphatic heterocycles. The minimum Gasteiger partial charge on any atom is -0.362 e. The molecule has 2 atom stereocenters. The van der Waals surface area contributed by atoms with Crippen LogP contribution in [0.15, 0.2) is 18.2 Å². The number of amides is 1. The maximum absolute atomic E-state index is 12.7. The second-order valence-corrected chi connectivity index (χ2v) is 6.63. The van der Waals surface area contributed by atoms with Crippen molar-refractivity contribution in [3.8, 4) is 0 Å². The molecular weight excluding hydrogens is 347 g/mol. The summed E-state index contributed by atoms with van der Waals surface area (Å²) >= 11 is 6.02. The number of hydrogen-bond acceptors (Lipinski definition) is 3. The molecule has 1 spiro atoms. The van der Waals surface area contributed by atoms with Gasteiger partial charge in [-0.15, -0.1) is 0 Å². The molecule has 8 heteroatoms. The summed E-state index contributed by atoms with van der Waals surface area (Å²) in [6.07, 6.45) is -4.54. The first-order chi connectivity index (χ1) is 11.1. The summed E-state index contributed by atoms with van der Waals surface area (Å²) in [6.45, 7) is 1.32. The Morgan fingerprint density at radius 2 is 2.12 bits per heavy atom. The van der Waals surface area contributed by atoms with E-state index in [2.05, 4.69) is 0 Å². The number of rotatable bonds is 0. The van der Waals surface area contributed by atoms with Crippen LogP contribution in [0, 0.1) is 0 Å². The largest absolute Gasteiger partial charge is 0.471 e. The highest BCUT2D eigenvalue weighted by Crippen LogP contribution is 2.44. The highest BCUT2D eigenvalue weighted by atomic mass is 35.5. The van der Waals surface area contributed by atoms with Crippen molar-refractivity contribution in [2.24, 2.45) is 0 Å². The molecule has 2 aliphatic rings. The predicted molar refractivity (Wildman–Crippen MR) is 79.9 cm³/mol. The van der Waals surface area contributed by atoms with E-state index < -0.39 is 23.7 Å². The van der Waals surface area contributed by atoms with Crippen molar-refractivity contribution in [3.63, 3.8) is 0 Å². The van der Waals surface area contributed by atoms with Gasteiger partial charge in [-0.3, -0.25) is 9.59 Å². The lowest BCUT2D eigenvalue weighted by molar-refractivity contribution is -0.194. The van der Waals surface area contributed by atoms with E-state index in [1.54, 1.807) is 25.1 Å². The molecule has 4 nitrogen and oxygen atoms in total. The van der Waals surface area contributed by atoms with Crippen LogP contribution < -0.4 is 0 Å². The number of nitrogens with zero attached hydrogens (tertiary/aromatic N) is 1. The highest BCUT2D eigenvalue weighted by molar-refractivity contribution is 6.30. The van der Waals surface area contributed by atoms with Gasteiger partial charge in [0.05, 0.1) is 5.60 Å². The van der Waals surface area contributed by atoms with Crippen LogP contribution in [-0.4, -0.2) is 42.0 Å². The van der Waals surface area contributed by atoms with Gasteiger partial charge in [-0.05, 0) is 37.1 Å². The molecule has 0 bridgehead atoms. The molecule has 0 N–H and O–H groups in total. The normalized spacial score (nSPS) is 27.3. The molecule has 0 aliphatic carbocycles. The van der Waals surface area contributed by atoms with Gasteiger partial charge in [-0.2, -0.15) is 13.2 Å². The van der Waals surface area contributed by atoms with Crippen molar-refractivity contribution < 1.29 is 27.5 Å². The lowest BCUT2D eigenvalue weighted by Crippen LogP contribution is -2.55. The summed E-state index contributed by atoms with van der Waals surface area (Å²) in [6, 6.07) is 4.17. The number of benzene rings is 1. The predicted octanol–water partition coefficient (Wildman–Crippen LogP) is 3.32. The molecule has 0 aromatic heterocycles. The van der Waals surface area contributed by atoms with Crippen LogP contribution in [0.5, 0.6) is 0 Å². The minimum absolute atomic E-state index is 0.0976. The van der Waals surface area contributed by atoms with E-state index in [1.807, 2.05) is 0 Å². The van der Waals surface area contributed by atoms with E-state index in [4.69, 9.17) is 16.3 Å². The summed E-state index contributed by atoms with van der Waals surface area (Å²) in [5, 5.41) is 0.424. The quantitative estimate of drug-likeness (QED) is 0.712.